The van der Waals surface area contributed by atoms with Gasteiger partial charge in [-0.2, -0.15) is 0 Å². The Kier molecular flexibility index (Phi) is 10.1. The van der Waals surface area contributed by atoms with Crippen molar-refractivity contribution in [2.24, 2.45) is 16.7 Å². The molecule has 0 spiro atoms. The number of amides is 2. The molecular weight excluding hydrogens is 336 g/mol. The second kappa shape index (κ2) is 10.5. The molecule has 0 saturated heterocycles. The molecule has 160 valence electrons. The van der Waals surface area contributed by atoms with Gasteiger partial charge in [0.25, 0.3) is 0 Å². The van der Waals surface area contributed by atoms with Crippen molar-refractivity contribution in [2.45, 2.75) is 107 Å². The van der Waals surface area contributed by atoms with Crippen molar-refractivity contribution in [3.8, 4) is 0 Å². The van der Waals surface area contributed by atoms with Crippen molar-refractivity contribution in [1.82, 2.24) is 10.2 Å². The van der Waals surface area contributed by atoms with Crippen LogP contribution in [0.1, 0.15) is 101 Å². The fourth-order valence-electron chi connectivity index (χ4n) is 3.58. The Labute approximate surface area is 168 Å². The molecule has 0 saturated carbocycles. The first kappa shape index (κ1) is 25.9. The standard InChI is InChI=1S/C23H46N2O2/c1-11-12-14-24-20(27)22(7,8)17-23(9,10)25(15-13-18(2)3)19(26)16-21(4,5)6/h18H,11-17H2,1-10H3,(H,24,27). The van der Waals surface area contributed by atoms with Crippen LogP contribution >= 0.6 is 0 Å². The van der Waals surface area contributed by atoms with Crippen molar-refractivity contribution in [2.75, 3.05) is 13.1 Å². The number of hydrogen-bond donors (Lipinski definition) is 1. The molecule has 0 aliphatic carbocycles. The maximum Gasteiger partial charge on any atom is 0.225 e. The van der Waals surface area contributed by atoms with E-state index in [4.69, 9.17) is 0 Å². The summed E-state index contributed by atoms with van der Waals surface area (Å²) in [7, 11) is 0. The number of nitrogens with zero attached hydrogens (tertiary/aromatic N) is 1. The number of hydrogen-bond acceptors (Lipinski definition) is 2. The lowest BCUT2D eigenvalue weighted by atomic mass is 9.77. The Bertz CT molecular complexity index is 473. The zero-order chi connectivity index (χ0) is 21.5. The highest BCUT2D eigenvalue weighted by atomic mass is 16.2. The molecule has 0 atom stereocenters. The summed E-state index contributed by atoms with van der Waals surface area (Å²) in [6.07, 6.45) is 4.21. The summed E-state index contributed by atoms with van der Waals surface area (Å²) in [5, 5.41) is 3.06. The molecule has 0 aromatic rings. The Morgan fingerprint density at radius 3 is 2.00 bits per heavy atom. The average Bonchev–Trinajstić information content (AvgIpc) is 2.43. The van der Waals surface area contributed by atoms with Gasteiger partial charge in [0.05, 0.1) is 0 Å². The molecule has 0 unspecified atom stereocenters. The molecule has 0 rings (SSSR count). The first-order chi connectivity index (χ1) is 12.1. The van der Waals surface area contributed by atoms with E-state index < -0.39 is 5.41 Å². The topological polar surface area (TPSA) is 49.4 Å². The van der Waals surface area contributed by atoms with Crippen LogP contribution in [0.4, 0.5) is 0 Å². The molecule has 0 aromatic heterocycles. The molecule has 0 heterocycles. The molecule has 1 N–H and O–H groups in total. The first-order valence-corrected chi connectivity index (χ1v) is 10.7. The van der Waals surface area contributed by atoms with Gasteiger partial charge in [-0.05, 0) is 44.4 Å². The Morgan fingerprint density at radius 2 is 1.56 bits per heavy atom. The van der Waals surface area contributed by atoms with Crippen molar-refractivity contribution in [1.29, 1.82) is 0 Å². The van der Waals surface area contributed by atoms with Crippen LogP contribution in [0.2, 0.25) is 0 Å². The molecule has 2 amide bonds. The SMILES string of the molecule is CCCCNC(=O)C(C)(C)CC(C)(C)N(CCC(C)C)C(=O)CC(C)(C)C. The summed E-state index contributed by atoms with van der Waals surface area (Å²) in [5.74, 6) is 0.808. The summed E-state index contributed by atoms with van der Waals surface area (Å²) in [4.78, 5) is 27.8. The molecule has 0 radical (unpaired) electrons. The number of unbranched alkanes of at least 4 members (excludes halogenated alkanes) is 1. The normalized spacial score (nSPS) is 13.0. The van der Waals surface area contributed by atoms with Gasteiger partial charge in [0, 0.05) is 30.5 Å². The van der Waals surface area contributed by atoms with E-state index in [2.05, 4.69) is 60.7 Å². The van der Waals surface area contributed by atoms with Crippen LogP contribution in [0, 0.1) is 16.7 Å². The van der Waals surface area contributed by atoms with Crippen molar-refractivity contribution >= 4 is 11.8 Å². The minimum absolute atomic E-state index is 0.0453. The minimum atomic E-state index is -0.519. The zero-order valence-electron chi connectivity index (χ0n) is 19.8. The Morgan fingerprint density at radius 1 is 1.00 bits per heavy atom. The highest BCUT2D eigenvalue weighted by Gasteiger charge is 2.40. The lowest BCUT2D eigenvalue weighted by molar-refractivity contribution is -0.142. The Balaban J connectivity index is 5.34. The number of rotatable bonds is 11. The lowest BCUT2D eigenvalue weighted by Crippen LogP contribution is -2.53. The largest absolute Gasteiger partial charge is 0.356 e. The molecule has 0 aliphatic rings. The second-order valence-electron chi connectivity index (χ2n) is 10.9. The fourth-order valence-corrected chi connectivity index (χ4v) is 3.58. The first-order valence-electron chi connectivity index (χ1n) is 10.7. The van der Waals surface area contributed by atoms with E-state index in [0.717, 1.165) is 32.4 Å². The van der Waals surface area contributed by atoms with Gasteiger partial charge in [0.2, 0.25) is 11.8 Å². The fraction of sp³-hybridized carbons (Fsp3) is 0.913. The van der Waals surface area contributed by atoms with E-state index in [1.807, 2.05) is 18.7 Å². The van der Waals surface area contributed by atoms with Crippen LogP contribution in [0.25, 0.3) is 0 Å². The number of carbonyl (C=O) groups is 2. The van der Waals surface area contributed by atoms with Crippen LogP contribution in [-0.4, -0.2) is 35.3 Å². The summed E-state index contributed by atoms with van der Waals surface area (Å²) in [6, 6.07) is 0. The minimum Gasteiger partial charge on any atom is -0.356 e. The van der Waals surface area contributed by atoms with Gasteiger partial charge in [-0.3, -0.25) is 9.59 Å². The Hall–Kier alpha value is -1.06. The van der Waals surface area contributed by atoms with E-state index in [1.54, 1.807) is 0 Å². The quantitative estimate of drug-likeness (QED) is 0.486. The molecule has 4 nitrogen and oxygen atoms in total. The monoisotopic (exact) mass is 382 g/mol. The third-order valence-corrected chi connectivity index (χ3v) is 4.95. The smallest absolute Gasteiger partial charge is 0.225 e. The van der Waals surface area contributed by atoms with Crippen molar-refractivity contribution in [3.05, 3.63) is 0 Å². The maximum absolute atomic E-state index is 13.1. The third kappa shape index (κ3) is 10.2. The molecule has 0 fully saturated rings. The van der Waals surface area contributed by atoms with Crippen LogP contribution in [0.15, 0.2) is 0 Å². The van der Waals surface area contributed by atoms with E-state index in [9.17, 15) is 9.59 Å². The summed E-state index contributed by atoms with van der Waals surface area (Å²) >= 11 is 0. The van der Waals surface area contributed by atoms with Gasteiger partial charge in [-0.1, -0.05) is 61.8 Å². The van der Waals surface area contributed by atoms with Crippen molar-refractivity contribution in [3.63, 3.8) is 0 Å². The van der Waals surface area contributed by atoms with E-state index >= 15 is 0 Å². The number of nitrogens with one attached hydrogen (secondary N) is 1. The summed E-state index contributed by atoms with van der Waals surface area (Å²) in [6.45, 7) is 22.5. The van der Waals surface area contributed by atoms with Crippen LogP contribution in [0.5, 0.6) is 0 Å². The average molecular weight is 383 g/mol. The molecule has 4 heteroatoms. The van der Waals surface area contributed by atoms with Gasteiger partial charge in [-0.15, -0.1) is 0 Å². The van der Waals surface area contributed by atoms with Crippen LogP contribution in [-0.2, 0) is 9.59 Å². The predicted octanol–water partition coefficient (Wildman–Crippen LogP) is 5.41. The van der Waals surface area contributed by atoms with Crippen LogP contribution < -0.4 is 5.32 Å². The molecular formula is C23H46N2O2. The molecule has 0 bridgehead atoms. The van der Waals surface area contributed by atoms with Crippen molar-refractivity contribution < 1.29 is 9.59 Å². The molecule has 0 aromatic carbocycles. The third-order valence-electron chi connectivity index (χ3n) is 4.95. The summed E-state index contributed by atoms with van der Waals surface area (Å²) in [5.41, 5.74) is -0.936. The predicted molar refractivity (Wildman–Crippen MR) is 116 cm³/mol. The van der Waals surface area contributed by atoms with Gasteiger partial charge in [0.1, 0.15) is 0 Å². The van der Waals surface area contributed by atoms with Gasteiger partial charge in [0.15, 0.2) is 0 Å². The van der Waals surface area contributed by atoms with Crippen LogP contribution in [0.3, 0.4) is 0 Å². The zero-order valence-corrected chi connectivity index (χ0v) is 19.8. The van der Waals surface area contributed by atoms with E-state index in [0.29, 0.717) is 18.8 Å². The van der Waals surface area contributed by atoms with Gasteiger partial charge >= 0.3 is 0 Å². The molecule has 0 aliphatic heterocycles. The maximum atomic E-state index is 13.1. The molecule has 27 heavy (non-hydrogen) atoms. The lowest BCUT2D eigenvalue weighted by Gasteiger charge is -2.44. The van der Waals surface area contributed by atoms with E-state index in [-0.39, 0.29) is 22.8 Å². The van der Waals surface area contributed by atoms with Gasteiger partial charge in [-0.25, -0.2) is 0 Å². The van der Waals surface area contributed by atoms with Gasteiger partial charge < -0.3 is 10.2 Å². The van der Waals surface area contributed by atoms with E-state index in [1.165, 1.54) is 0 Å². The highest BCUT2D eigenvalue weighted by molar-refractivity contribution is 5.82. The highest BCUT2D eigenvalue weighted by Crippen LogP contribution is 2.34. The number of carbonyl (C=O) groups excluding carboxylic acids is 2. The summed E-state index contributed by atoms with van der Waals surface area (Å²) < 4.78 is 0. The second-order valence-corrected chi connectivity index (χ2v) is 10.9.